The van der Waals surface area contributed by atoms with Gasteiger partial charge in [0.1, 0.15) is 12.7 Å². The molecule has 0 bridgehead atoms. The zero-order valence-electron chi connectivity index (χ0n) is 4.69. The van der Waals surface area contributed by atoms with Crippen molar-refractivity contribution < 1.29 is 14.8 Å². The van der Waals surface area contributed by atoms with Crippen molar-refractivity contribution in [1.29, 1.82) is 0 Å². The monoisotopic (exact) mass is 133 g/mol. The summed E-state index contributed by atoms with van der Waals surface area (Å²) in [5.74, 6) is 0. The van der Waals surface area contributed by atoms with Crippen LogP contribution in [0, 0.1) is 10.1 Å². The molecule has 1 saturated heterocycles. The highest BCUT2D eigenvalue weighted by molar-refractivity contribution is 4.72. The lowest BCUT2D eigenvalue weighted by Crippen LogP contribution is -2.31. The largest absolute Gasteiger partial charge is 0.383 e. The van der Waals surface area contributed by atoms with E-state index in [0.29, 0.717) is 0 Å². The average molecular weight is 133 g/mol. The number of nitro groups is 1. The molecular formula is C4H7NO4. The fourth-order valence-corrected chi connectivity index (χ4v) is 0.733. The second-order valence-electron chi connectivity index (χ2n) is 1.96. The highest BCUT2D eigenvalue weighted by Crippen LogP contribution is 2.07. The lowest BCUT2D eigenvalue weighted by molar-refractivity contribution is -0.528. The second-order valence-corrected chi connectivity index (χ2v) is 1.96. The first-order chi connectivity index (χ1) is 4.22. The fourth-order valence-electron chi connectivity index (χ4n) is 0.733. The minimum Gasteiger partial charge on any atom is -0.383 e. The summed E-state index contributed by atoms with van der Waals surface area (Å²) in [4.78, 5) is 9.46. The SMILES string of the molecule is O=[N+]([O-])C1COCC1O. The highest BCUT2D eigenvalue weighted by atomic mass is 16.6. The van der Waals surface area contributed by atoms with Crippen molar-refractivity contribution in [3.63, 3.8) is 0 Å². The molecule has 0 spiro atoms. The standard InChI is InChI=1S/C4H7NO4/c6-4-2-9-1-3(4)5(7)8/h3-4,6H,1-2H2. The van der Waals surface area contributed by atoms with Gasteiger partial charge in [0.15, 0.2) is 0 Å². The third-order valence-electron chi connectivity index (χ3n) is 1.29. The number of aliphatic hydroxyl groups is 1. The first kappa shape index (κ1) is 6.44. The van der Waals surface area contributed by atoms with Crippen LogP contribution >= 0.6 is 0 Å². The molecule has 0 aromatic heterocycles. The van der Waals surface area contributed by atoms with Crippen molar-refractivity contribution in [3.05, 3.63) is 10.1 Å². The normalized spacial score (nSPS) is 34.8. The molecule has 1 heterocycles. The van der Waals surface area contributed by atoms with Crippen LogP contribution < -0.4 is 0 Å². The topological polar surface area (TPSA) is 72.6 Å². The van der Waals surface area contributed by atoms with E-state index in [-0.39, 0.29) is 13.2 Å². The van der Waals surface area contributed by atoms with E-state index in [9.17, 15) is 10.1 Å². The van der Waals surface area contributed by atoms with Gasteiger partial charge in [-0.15, -0.1) is 0 Å². The van der Waals surface area contributed by atoms with Gasteiger partial charge in [0, 0.05) is 4.92 Å². The molecule has 1 rings (SSSR count). The average Bonchev–Trinajstić information content (AvgIpc) is 2.13. The van der Waals surface area contributed by atoms with E-state index in [1.807, 2.05) is 0 Å². The first-order valence-corrected chi connectivity index (χ1v) is 2.61. The van der Waals surface area contributed by atoms with Gasteiger partial charge in [-0.25, -0.2) is 0 Å². The van der Waals surface area contributed by atoms with Gasteiger partial charge in [0.05, 0.1) is 6.61 Å². The van der Waals surface area contributed by atoms with Crippen molar-refractivity contribution in [1.82, 2.24) is 0 Å². The molecule has 0 aliphatic carbocycles. The molecule has 9 heavy (non-hydrogen) atoms. The second kappa shape index (κ2) is 2.28. The zero-order chi connectivity index (χ0) is 6.85. The predicted octanol–water partition coefficient (Wildman–Crippen LogP) is -0.977. The minimum absolute atomic E-state index is 0.0359. The maximum Gasteiger partial charge on any atom is 0.263 e. The summed E-state index contributed by atoms with van der Waals surface area (Å²) in [7, 11) is 0. The highest BCUT2D eigenvalue weighted by Gasteiger charge is 2.35. The Kier molecular flexibility index (Phi) is 1.63. The van der Waals surface area contributed by atoms with Gasteiger partial charge in [-0.05, 0) is 0 Å². The number of nitrogens with zero attached hydrogens (tertiary/aromatic N) is 1. The van der Waals surface area contributed by atoms with E-state index in [1.54, 1.807) is 0 Å². The van der Waals surface area contributed by atoms with Gasteiger partial charge in [0.25, 0.3) is 6.04 Å². The summed E-state index contributed by atoms with van der Waals surface area (Å²) >= 11 is 0. The van der Waals surface area contributed by atoms with Crippen molar-refractivity contribution in [3.8, 4) is 0 Å². The zero-order valence-corrected chi connectivity index (χ0v) is 4.69. The lowest BCUT2D eigenvalue weighted by Gasteiger charge is -2.01. The molecule has 0 saturated carbocycles. The van der Waals surface area contributed by atoms with E-state index in [0.717, 1.165) is 0 Å². The molecule has 1 aliphatic heterocycles. The van der Waals surface area contributed by atoms with Gasteiger partial charge in [-0.3, -0.25) is 10.1 Å². The Morgan fingerprint density at radius 3 is 2.56 bits per heavy atom. The van der Waals surface area contributed by atoms with Gasteiger partial charge < -0.3 is 9.84 Å². The van der Waals surface area contributed by atoms with Crippen LogP contribution in [0.5, 0.6) is 0 Å². The number of hydrogen-bond donors (Lipinski definition) is 1. The molecule has 5 nitrogen and oxygen atoms in total. The fraction of sp³-hybridized carbons (Fsp3) is 1.00. The smallest absolute Gasteiger partial charge is 0.263 e. The number of rotatable bonds is 1. The number of aliphatic hydroxyl groups excluding tert-OH is 1. The van der Waals surface area contributed by atoms with Crippen molar-refractivity contribution >= 4 is 0 Å². The van der Waals surface area contributed by atoms with E-state index in [1.165, 1.54) is 0 Å². The Morgan fingerprint density at radius 1 is 1.67 bits per heavy atom. The van der Waals surface area contributed by atoms with Crippen molar-refractivity contribution in [2.75, 3.05) is 13.2 Å². The third kappa shape index (κ3) is 1.17. The number of ether oxygens (including phenoxy) is 1. The lowest BCUT2D eigenvalue weighted by atomic mass is 10.2. The minimum atomic E-state index is -0.917. The molecule has 0 aromatic carbocycles. The van der Waals surface area contributed by atoms with Gasteiger partial charge in [-0.2, -0.15) is 0 Å². The maximum atomic E-state index is 9.98. The number of hydrogen-bond acceptors (Lipinski definition) is 4. The Balaban J connectivity index is 2.49. The summed E-state index contributed by atoms with van der Waals surface area (Å²) in [6.45, 7) is 0.125. The van der Waals surface area contributed by atoms with Crippen LogP contribution in [0.3, 0.4) is 0 Å². The first-order valence-electron chi connectivity index (χ1n) is 2.61. The van der Waals surface area contributed by atoms with Crippen LogP contribution in [-0.2, 0) is 4.74 Å². The molecule has 1 fully saturated rings. The van der Waals surface area contributed by atoms with E-state index in [4.69, 9.17) is 5.11 Å². The summed E-state index contributed by atoms with van der Waals surface area (Å²) in [5.41, 5.74) is 0. The van der Waals surface area contributed by atoms with E-state index >= 15 is 0 Å². The van der Waals surface area contributed by atoms with Crippen molar-refractivity contribution in [2.45, 2.75) is 12.1 Å². The molecule has 2 atom stereocenters. The molecule has 0 radical (unpaired) electrons. The Labute approximate surface area is 51.4 Å². The van der Waals surface area contributed by atoms with Gasteiger partial charge >= 0.3 is 0 Å². The summed E-state index contributed by atoms with van der Waals surface area (Å²) in [5, 5.41) is 18.8. The molecule has 1 N–H and O–H groups in total. The summed E-state index contributed by atoms with van der Waals surface area (Å²) in [6.07, 6.45) is -0.917. The Bertz CT molecular complexity index is 126. The predicted molar refractivity (Wildman–Crippen MR) is 27.6 cm³/mol. The third-order valence-corrected chi connectivity index (χ3v) is 1.29. The molecule has 0 amide bonds. The van der Waals surface area contributed by atoms with Crippen molar-refractivity contribution in [2.24, 2.45) is 0 Å². The Morgan fingerprint density at radius 2 is 2.33 bits per heavy atom. The van der Waals surface area contributed by atoms with Gasteiger partial charge in [-0.1, -0.05) is 0 Å². The quantitative estimate of drug-likeness (QED) is 0.368. The van der Waals surface area contributed by atoms with E-state index < -0.39 is 17.1 Å². The van der Waals surface area contributed by atoms with Crippen LogP contribution in [0.2, 0.25) is 0 Å². The summed E-state index contributed by atoms with van der Waals surface area (Å²) in [6, 6.07) is -0.912. The van der Waals surface area contributed by atoms with E-state index in [2.05, 4.69) is 4.74 Å². The maximum absolute atomic E-state index is 9.98. The Hall–Kier alpha value is -0.680. The molecule has 5 heteroatoms. The molecule has 52 valence electrons. The van der Waals surface area contributed by atoms with Crippen LogP contribution in [0.15, 0.2) is 0 Å². The molecular weight excluding hydrogens is 126 g/mol. The van der Waals surface area contributed by atoms with Crippen LogP contribution in [0.1, 0.15) is 0 Å². The van der Waals surface area contributed by atoms with Crippen LogP contribution in [0.25, 0.3) is 0 Å². The van der Waals surface area contributed by atoms with Crippen LogP contribution in [0.4, 0.5) is 0 Å². The van der Waals surface area contributed by atoms with Gasteiger partial charge in [0.2, 0.25) is 0 Å². The molecule has 2 unspecified atom stereocenters. The van der Waals surface area contributed by atoms with Crippen LogP contribution in [-0.4, -0.2) is 35.4 Å². The molecule has 0 aromatic rings. The summed E-state index contributed by atoms with van der Waals surface area (Å²) < 4.78 is 4.64. The molecule has 1 aliphatic rings.